The maximum atomic E-state index is 9.46. The summed E-state index contributed by atoms with van der Waals surface area (Å²) < 4.78 is 10.8. The third-order valence-electron chi connectivity index (χ3n) is 5.04. The van der Waals surface area contributed by atoms with Gasteiger partial charge in [-0.2, -0.15) is 5.26 Å². The molecule has 0 aromatic heterocycles. The third kappa shape index (κ3) is 4.07. The highest BCUT2D eigenvalue weighted by Crippen LogP contribution is 2.34. The van der Waals surface area contributed by atoms with E-state index in [1.807, 2.05) is 0 Å². The number of nitriles is 1. The topological polar surface area (TPSA) is 42.2 Å². The van der Waals surface area contributed by atoms with E-state index in [4.69, 9.17) is 9.47 Å². The van der Waals surface area contributed by atoms with Crippen molar-refractivity contribution in [3.63, 3.8) is 0 Å². The first-order valence-corrected chi connectivity index (χ1v) is 7.94. The van der Waals surface area contributed by atoms with Crippen molar-refractivity contribution in [1.29, 1.82) is 5.26 Å². The van der Waals surface area contributed by atoms with Crippen LogP contribution in [0.5, 0.6) is 0 Å². The van der Waals surface area contributed by atoms with Gasteiger partial charge in [0.2, 0.25) is 0 Å². The average molecular weight is 277 g/mol. The molecule has 0 aromatic rings. The van der Waals surface area contributed by atoms with Gasteiger partial charge < -0.3 is 9.47 Å². The monoisotopic (exact) mass is 277 g/mol. The summed E-state index contributed by atoms with van der Waals surface area (Å²) in [5.74, 6) is 1.04. The van der Waals surface area contributed by atoms with Gasteiger partial charge in [-0.15, -0.1) is 0 Å². The van der Waals surface area contributed by atoms with Gasteiger partial charge in [-0.1, -0.05) is 6.08 Å². The molecule has 2 rings (SSSR count). The fourth-order valence-corrected chi connectivity index (χ4v) is 3.62. The molecule has 0 radical (unpaired) electrons. The number of methoxy groups -OCH3 is 2. The maximum Gasteiger partial charge on any atom is 0.0946 e. The molecule has 0 heterocycles. The molecule has 0 aromatic carbocycles. The Labute approximate surface area is 122 Å². The third-order valence-corrected chi connectivity index (χ3v) is 5.04. The molecule has 0 N–H and O–H groups in total. The van der Waals surface area contributed by atoms with Crippen molar-refractivity contribution in [2.24, 2.45) is 11.8 Å². The Bertz CT molecular complexity index is 356. The summed E-state index contributed by atoms with van der Waals surface area (Å²) in [6.45, 7) is 0. The lowest BCUT2D eigenvalue weighted by molar-refractivity contribution is 0.0601. The zero-order chi connectivity index (χ0) is 14.4. The Hall–Kier alpha value is -0.850. The summed E-state index contributed by atoms with van der Waals surface area (Å²) in [5, 5.41) is 9.46. The Morgan fingerprint density at radius 1 is 0.900 bits per heavy atom. The number of nitrogens with zero attached hydrogens (tertiary/aromatic N) is 1. The van der Waals surface area contributed by atoms with Gasteiger partial charge in [0.15, 0.2) is 0 Å². The van der Waals surface area contributed by atoms with Crippen LogP contribution < -0.4 is 0 Å². The van der Waals surface area contributed by atoms with Crippen LogP contribution >= 0.6 is 0 Å². The predicted molar refractivity (Wildman–Crippen MR) is 79.2 cm³/mol. The maximum absolute atomic E-state index is 9.46. The second kappa shape index (κ2) is 7.81. The van der Waals surface area contributed by atoms with E-state index in [1.54, 1.807) is 14.2 Å². The molecule has 0 bridgehead atoms. The quantitative estimate of drug-likeness (QED) is 0.733. The van der Waals surface area contributed by atoms with Crippen molar-refractivity contribution >= 4 is 0 Å². The molecule has 0 spiro atoms. The van der Waals surface area contributed by atoms with Crippen LogP contribution in [0.15, 0.2) is 11.6 Å². The molecule has 3 nitrogen and oxygen atoms in total. The van der Waals surface area contributed by atoms with Crippen LogP contribution in [-0.4, -0.2) is 26.4 Å². The summed E-state index contributed by atoms with van der Waals surface area (Å²) in [4.78, 5) is 0. The lowest BCUT2D eigenvalue weighted by Crippen LogP contribution is -2.22. The molecule has 0 aliphatic heterocycles. The lowest BCUT2D eigenvalue weighted by atomic mass is 9.79. The normalized spacial score (nSPS) is 35.5. The lowest BCUT2D eigenvalue weighted by Gasteiger charge is -2.29. The van der Waals surface area contributed by atoms with Gasteiger partial charge >= 0.3 is 0 Å². The summed E-state index contributed by atoms with van der Waals surface area (Å²) in [5.41, 5.74) is 1.03. The van der Waals surface area contributed by atoms with Gasteiger partial charge in [-0.3, -0.25) is 0 Å². The number of allylic oxidation sites excluding steroid dienone is 2. The molecule has 20 heavy (non-hydrogen) atoms. The molecule has 2 aliphatic carbocycles. The van der Waals surface area contributed by atoms with E-state index < -0.39 is 0 Å². The summed E-state index contributed by atoms with van der Waals surface area (Å²) in [6, 6.07) is 2.47. The zero-order valence-corrected chi connectivity index (χ0v) is 12.8. The standard InChI is InChI=1S/C17H27NO2/c1-19-16-7-3-13(4-8-16)11-15(12-18)14-5-9-17(20-2)10-6-14/h11,13-14,16-17H,3-10H2,1-2H3/b15-11+. The molecule has 3 heteroatoms. The summed E-state index contributed by atoms with van der Waals surface area (Å²) in [7, 11) is 3.59. The smallest absolute Gasteiger partial charge is 0.0946 e. The van der Waals surface area contributed by atoms with Gasteiger partial charge in [-0.05, 0) is 63.2 Å². The number of hydrogen-bond donors (Lipinski definition) is 0. The summed E-state index contributed by atoms with van der Waals surface area (Å²) >= 11 is 0. The number of ether oxygens (including phenoxy) is 2. The van der Waals surface area contributed by atoms with E-state index in [0.29, 0.717) is 24.0 Å². The molecule has 2 aliphatic rings. The fourth-order valence-electron chi connectivity index (χ4n) is 3.62. The molecule has 0 unspecified atom stereocenters. The number of rotatable bonds is 4. The Balaban J connectivity index is 1.89. The van der Waals surface area contributed by atoms with E-state index in [9.17, 15) is 5.26 Å². The highest BCUT2D eigenvalue weighted by Gasteiger charge is 2.25. The average Bonchev–Trinajstić information content (AvgIpc) is 2.53. The van der Waals surface area contributed by atoms with Crippen molar-refractivity contribution < 1.29 is 9.47 Å². The van der Waals surface area contributed by atoms with Crippen LogP contribution in [0, 0.1) is 23.2 Å². The van der Waals surface area contributed by atoms with Crippen molar-refractivity contribution in [3.8, 4) is 6.07 Å². The Morgan fingerprint density at radius 2 is 1.40 bits per heavy atom. The molecule has 0 atom stereocenters. The van der Waals surface area contributed by atoms with Crippen LogP contribution in [-0.2, 0) is 9.47 Å². The van der Waals surface area contributed by atoms with Gasteiger partial charge in [0.1, 0.15) is 0 Å². The van der Waals surface area contributed by atoms with E-state index in [1.165, 1.54) is 0 Å². The Morgan fingerprint density at radius 3 is 1.85 bits per heavy atom. The van der Waals surface area contributed by atoms with Crippen molar-refractivity contribution in [3.05, 3.63) is 11.6 Å². The van der Waals surface area contributed by atoms with E-state index in [2.05, 4.69) is 12.1 Å². The van der Waals surface area contributed by atoms with Gasteiger partial charge in [0.25, 0.3) is 0 Å². The Kier molecular flexibility index (Phi) is 6.06. The highest BCUT2D eigenvalue weighted by molar-refractivity contribution is 5.25. The van der Waals surface area contributed by atoms with Crippen LogP contribution in [0.2, 0.25) is 0 Å². The minimum Gasteiger partial charge on any atom is -0.381 e. The molecule has 112 valence electrons. The zero-order valence-electron chi connectivity index (χ0n) is 12.8. The van der Waals surface area contributed by atoms with Gasteiger partial charge in [0.05, 0.1) is 18.3 Å². The van der Waals surface area contributed by atoms with Crippen molar-refractivity contribution in [2.75, 3.05) is 14.2 Å². The first kappa shape index (κ1) is 15.5. The summed E-state index contributed by atoms with van der Waals surface area (Å²) in [6.07, 6.45) is 12.1. The first-order chi connectivity index (χ1) is 9.76. The number of hydrogen-bond acceptors (Lipinski definition) is 3. The van der Waals surface area contributed by atoms with Crippen LogP contribution in [0.1, 0.15) is 51.4 Å². The van der Waals surface area contributed by atoms with E-state index in [-0.39, 0.29) is 0 Å². The predicted octanol–water partition coefficient (Wildman–Crippen LogP) is 3.85. The SMILES string of the molecule is COC1CCC(/C=C(\C#N)C2CCC(OC)CC2)CC1. The van der Waals surface area contributed by atoms with Crippen LogP contribution in [0.25, 0.3) is 0 Å². The fraction of sp³-hybridized carbons (Fsp3) is 0.824. The second-order valence-electron chi connectivity index (χ2n) is 6.22. The molecular weight excluding hydrogens is 250 g/mol. The van der Waals surface area contributed by atoms with E-state index in [0.717, 1.165) is 56.9 Å². The van der Waals surface area contributed by atoms with Crippen LogP contribution in [0.3, 0.4) is 0 Å². The van der Waals surface area contributed by atoms with Gasteiger partial charge in [-0.25, -0.2) is 0 Å². The molecule has 0 amide bonds. The molecular formula is C17H27NO2. The highest BCUT2D eigenvalue weighted by atomic mass is 16.5. The van der Waals surface area contributed by atoms with Crippen LogP contribution in [0.4, 0.5) is 0 Å². The minimum absolute atomic E-state index is 0.406. The second-order valence-corrected chi connectivity index (χ2v) is 6.22. The largest absolute Gasteiger partial charge is 0.381 e. The first-order valence-electron chi connectivity index (χ1n) is 7.94. The van der Waals surface area contributed by atoms with E-state index >= 15 is 0 Å². The van der Waals surface area contributed by atoms with Gasteiger partial charge in [0, 0.05) is 19.8 Å². The molecule has 2 fully saturated rings. The minimum atomic E-state index is 0.406. The molecule has 0 saturated heterocycles. The van der Waals surface area contributed by atoms with Crippen molar-refractivity contribution in [2.45, 2.75) is 63.6 Å². The van der Waals surface area contributed by atoms with Crippen molar-refractivity contribution in [1.82, 2.24) is 0 Å². The molecule has 2 saturated carbocycles.